The summed E-state index contributed by atoms with van der Waals surface area (Å²) >= 11 is 0. The molecule has 3 heterocycles. The fourth-order valence-corrected chi connectivity index (χ4v) is 26.4. The van der Waals surface area contributed by atoms with E-state index in [9.17, 15) is 0 Å². The van der Waals surface area contributed by atoms with Crippen LogP contribution in [0, 0.1) is 0 Å². The van der Waals surface area contributed by atoms with Crippen molar-refractivity contribution in [3.63, 3.8) is 0 Å². The van der Waals surface area contributed by atoms with E-state index in [4.69, 9.17) is 13.5 Å². The lowest BCUT2D eigenvalue weighted by Crippen LogP contribution is -2.61. The van der Waals surface area contributed by atoms with Crippen molar-refractivity contribution in [3.8, 4) is 0 Å². The van der Waals surface area contributed by atoms with Crippen LogP contribution in [0.25, 0.3) is 0 Å². The Balaban J connectivity index is 2.59. The summed E-state index contributed by atoms with van der Waals surface area (Å²) in [5, 5.41) is -0.679. The van der Waals surface area contributed by atoms with E-state index >= 15 is 0 Å². The van der Waals surface area contributed by atoms with E-state index in [1.807, 2.05) is 0 Å². The van der Waals surface area contributed by atoms with Gasteiger partial charge in [0.05, 0.1) is 18.1 Å². The highest BCUT2D eigenvalue weighted by atomic mass is 31.2. The molecule has 3 aliphatic heterocycles. The van der Waals surface area contributed by atoms with E-state index in [1.54, 1.807) is 0 Å². The lowest BCUT2D eigenvalue weighted by molar-refractivity contribution is 0.0193. The Labute approximate surface area is 305 Å². The summed E-state index contributed by atoms with van der Waals surface area (Å²) < 4.78 is 21.2. The fourth-order valence-electron chi connectivity index (χ4n) is 9.57. The Hall–Kier alpha value is 0.330. The van der Waals surface area contributed by atoms with E-state index in [2.05, 4.69) is 190 Å². The topological polar surface area (TPSA) is 69.5 Å². The number of hydrogen-bond acceptors (Lipinski definition) is 13. The molecule has 0 aromatic heterocycles. The van der Waals surface area contributed by atoms with Crippen molar-refractivity contribution in [1.82, 2.24) is 48.8 Å². The van der Waals surface area contributed by atoms with Gasteiger partial charge in [0.25, 0.3) is 39.4 Å². The van der Waals surface area contributed by atoms with E-state index in [1.165, 1.54) is 0 Å². The first-order valence-corrected chi connectivity index (χ1v) is 23.7. The van der Waals surface area contributed by atoms with Gasteiger partial charge < -0.3 is 0 Å². The van der Waals surface area contributed by atoms with Gasteiger partial charge in [-0.05, 0) is 127 Å². The van der Waals surface area contributed by atoms with Crippen molar-refractivity contribution < 1.29 is 0 Å². The van der Waals surface area contributed by atoms with Gasteiger partial charge in [0.15, 0.2) is 0 Å². The summed E-state index contributed by atoms with van der Waals surface area (Å²) in [6.45, 7) is 0. The van der Waals surface area contributed by atoms with Crippen molar-refractivity contribution >= 4 is 31.0 Å². The van der Waals surface area contributed by atoms with Crippen LogP contribution in [0.2, 0.25) is 0 Å². The Bertz CT molecular complexity index is 1060. The highest BCUT2D eigenvalue weighted by molar-refractivity contribution is 7.81. The van der Waals surface area contributed by atoms with Crippen molar-refractivity contribution in [2.75, 3.05) is 159 Å². The quantitative estimate of drug-likeness (QED) is 0.197. The number of hydrogen-bond donors (Lipinski definition) is 0. The Morgan fingerprint density at radius 3 is 0.735 bits per heavy atom. The van der Waals surface area contributed by atoms with Crippen molar-refractivity contribution in [1.29, 1.82) is 0 Å². The minimum absolute atomic E-state index is 0.226. The summed E-state index contributed by atoms with van der Waals surface area (Å²) in [6.07, 6.45) is 6.55. The molecule has 0 radical (unpaired) electrons. The van der Waals surface area contributed by atoms with E-state index in [0.29, 0.717) is 18.1 Å². The summed E-state index contributed by atoms with van der Waals surface area (Å²) in [4.78, 5) is 22.1. The van der Waals surface area contributed by atoms with Gasteiger partial charge in [-0.15, -0.1) is 4.67 Å². The Morgan fingerprint density at radius 1 is 0.388 bits per heavy atom. The molecule has 3 aliphatic rings. The van der Waals surface area contributed by atoms with E-state index in [-0.39, 0.29) is 16.2 Å². The molecular formula is C32H75N13P4+4. The molecule has 0 aliphatic carbocycles. The van der Waals surface area contributed by atoms with Crippen molar-refractivity contribution in [2.24, 2.45) is 13.5 Å². The average Bonchev–Trinajstić information content (AvgIpc) is 3.65. The van der Waals surface area contributed by atoms with Gasteiger partial charge in [-0.3, -0.25) is 44.1 Å². The second-order valence-electron chi connectivity index (χ2n) is 16.3. The third-order valence-corrected chi connectivity index (χ3v) is 25.5. The van der Waals surface area contributed by atoms with Crippen molar-refractivity contribution in [3.05, 3.63) is 0 Å². The summed E-state index contributed by atoms with van der Waals surface area (Å²) in [7, 11) is 39.6. The number of rotatable bonds is 13. The first-order valence-electron chi connectivity index (χ1n) is 17.7. The lowest BCUT2D eigenvalue weighted by atomic mass is 10.1. The molecule has 0 spiro atoms. The fraction of sp³-hybridized carbons (Fsp3) is 1.00. The zero-order valence-corrected chi connectivity index (χ0v) is 38.7. The first kappa shape index (κ1) is 43.7. The zero-order valence-electron chi connectivity index (χ0n) is 35.1. The molecule has 0 bridgehead atoms. The minimum atomic E-state index is -2.78. The lowest BCUT2D eigenvalue weighted by Gasteiger charge is -2.42. The van der Waals surface area contributed by atoms with Gasteiger partial charge in [0.1, 0.15) is 32.0 Å². The highest BCUT2D eigenvalue weighted by Gasteiger charge is 2.73. The van der Waals surface area contributed by atoms with Crippen LogP contribution < -0.4 is 0 Å². The molecule has 13 nitrogen and oxygen atoms in total. The summed E-state index contributed by atoms with van der Waals surface area (Å²) in [6, 6.07) is 1.06. The Morgan fingerprint density at radius 2 is 0.592 bits per heavy atom. The van der Waals surface area contributed by atoms with Crippen LogP contribution in [0.5, 0.6) is 0 Å². The van der Waals surface area contributed by atoms with Crippen LogP contribution >= 0.6 is 31.0 Å². The molecule has 49 heavy (non-hydrogen) atoms. The maximum absolute atomic E-state index is 6.26. The van der Waals surface area contributed by atoms with Crippen LogP contribution in [0.15, 0.2) is 13.5 Å². The minimum Gasteiger partial charge on any atom is -0.299 e. The molecule has 0 aromatic carbocycles. The SMILES string of the molecule is CN(C)C1CC[P+](=N[P+](N=[P+]2CCC(N(C)C)C2(N(C)C)N(C)C)(N=[P+]2CCC(N(C)C)C2(N(C)C)N(C)C)N(C)C)C1(N(C)C)N(C)C. The monoisotopic (exact) mass is 766 g/mol. The summed E-state index contributed by atoms with van der Waals surface area (Å²) in [5.74, 6) is 0. The van der Waals surface area contributed by atoms with Crippen LogP contribution in [0.1, 0.15) is 19.3 Å². The van der Waals surface area contributed by atoms with Gasteiger partial charge in [0.2, 0.25) is 0 Å². The molecule has 6 unspecified atom stereocenters. The standard InChI is InChI=1S/C32H75N13P4/c1-36(2)27-21-24-46(30(27,39(7)8)40(9)10)33-49(45(19)20,34-47-25-22-28(37(3)4)31(47,41(11)12)42(13)14)35-48-26-23-29(38(5)6)32(48,43(15)16)44(17)18/h27-29H,21-26H2,1-20H3/q+4. The van der Waals surface area contributed by atoms with Crippen LogP contribution in [0.3, 0.4) is 0 Å². The molecule has 3 fully saturated rings. The molecule has 17 heteroatoms. The summed E-state index contributed by atoms with van der Waals surface area (Å²) in [5.41, 5.74) is 0. The third-order valence-electron chi connectivity index (χ3n) is 11.4. The third kappa shape index (κ3) is 7.16. The Kier molecular flexibility index (Phi) is 14.6. The average molecular weight is 766 g/mol. The first-order chi connectivity index (χ1) is 22.5. The van der Waals surface area contributed by atoms with E-state index < -0.39 is 31.0 Å². The van der Waals surface area contributed by atoms with Crippen LogP contribution in [-0.4, -0.2) is 243 Å². The molecule has 0 amide bonds. The molecular weight excluding hydrogens is 690 g/mol. The van der Waals surface area contributed by atoms with Gasteiger partial charge in [-0.25, -0.2) is 0 Å². The molecule has 0 aromatic rings. The molecule has 0 saturated carbocycles. The van der Waals surface area contributed by atoms with Crippen LogP contribution in [-0.2, 0) is 0 Å². The molecule has 6 atom stereocenters. The van der Waals surface area contributed by atoms with E-state index in [0.717, 1.165) is 37.7 Å². The number of likely N-dealkylation sites (N-methyl/N-ethyl adjacent to an activating group) is 9. The smallest absolute Gasteiger partial charge is 0.299 e. The maximum atomic E-state index is 6.26. The predicted octanol–water partition coefficient (Wildman–Crippen LogP) is 4.55. The molecule has 3 rings (SSSR count). The van der Waals surface area contributed by atoms with Gasteiger partial charge in [-0.2, -0.15) is 0 Å². The van der Waals surface area contributed by atoms with Gasteiger partial charge >= 0.3 is 7.87 Å². The van der Waals surface area contributed by atoms with Gasteiger partial charge in [-0.1, -0.05) is 0 Å². The maximum Gasteiger partial charge on any atom is 0.574 e. The molecule has 3 saturated heterocycles. The predicted molar refractivity (Wildman–Crippen MR) is 220 cm³/mol. The second-order valence-corrected chi connectivity index (χ2v) is 26.0. The molecule has 0 N–H and O–H groups in total. The highest BCUT2D eigenvalue weighted by Crippen LogP contribution is 2.79. The largest absolute Gasteiger partial charge is 0.574 e. The molecule has 284 valence electrons. The number of nitrogens with zero attached hydrogens (tertiary/aromatic N) is 13. The van der Waals surface area contributed by atoms with Crippen molar-refractivity contribution in [2.45, 2.75) is 53.6 Å². The normalized spacial score (nSPS) is 29.5. The van der Waals surface area contributed by atoms with Crippen LogP contribution in [0.4, 0.5) is 0 Å². The zero-order chi connectivity index (χ0) is 37.6. The van der Waals surface area contributed by atoms with Gasteiger partial charge in [0, 0.05) is 33.4 Å². The second kappa shape index (κ2) is 16.4.